The van der Waals surface area contributed by atoms with E-state index in [1.807, 2.05) is 17.8 Å². The molecule has 0 spiro atoms. The fourth-order valence-corrected chi connectivity index (χ4v) is 3.67. The van der Waals surface area contributed by atoms with Gasteiger partial charge in [0, 0.05) is 11.0 Å². The lowest BCUT2D eigenvalue weighted by atomic mass is 9.93. The maximum Gasteiger partial charge on any atom is 0.0914 e. The van der Waals surface area contributed by atoms with Gasteiger partial charge in [0.25, 0.3) is 0 Å². The minimum absolute atomic E-state index is 0.293. The van der Waals surface area contributed by atoms with Crippen molar-refractivity contribution in [3.8, 4) is 0 Å². The third-order valence-electron chi connectivity index (χ3n) is 3.15. The molecule has 1 aliphatic rings. The summed E-state index contributed by atoms with van der Waals surface area (Å²) >= 11 is 1.89. The summed E-state index contributed by atoms with van der Waals surface area (Å²) in [5.41, 5.74) is 3.79. The molecule has 82 valence electrons. The molecule has 2 rings (SSSR count). The Morgan fingerprint density at radius 3 is 2.80 bits per heavy atom. The number of hydrogen-bond acceptors (Lipinski definition) is 2. The summed E-state index contributed by atoms with van der Waals surface area (Å²) in [5, 5.41) is 10.6. The van der Waals surface area contributed by atoms with Crippen molar-refractivity contribution in [1.82, 2.24) is 0 Å². The quantitative estimate of drug-likeness (QED) is 0.786. The normalized spacial score (nSPS) is 25.4. The van der Waals surface area contributed by atoms with Crippen LogP contribution >= 0.6 is 11.8 Å². The van der Waals surface area contributed by atoms with Gasteiger partial charge in [-0.1, -0.05) is 32.0 Å². The van der Waals surface area contributed by atoms with Crippen LogP contribution in [0.5, 0.6) is 0 Å². The van der Waals surface area contributed by atoms with Crippen LogP contribution in [0.2, 0.25) is 0 Å². The standard InChI is InChI=1S/C13H18OS/c1-8(2)13-12(14)10-6-4-5-9(3)11(10)7-15-13/h4-6,8,12-14H,7H2,1-3H3. The zero-order valence-corrected chi connectivity index (χ0v) is 10.3. The Bertz CT molecular complexity index is 360. The number of aryl methyl sites for hydroxylation is 1. The van der Waals surface area contributed by atoms with Gasteiger partial charge in [-0.15, -0.1) is 0 Å². The van der Waals surface area contributed by atoms with Crippen LogP contribution in [0.3, 0.4) is 0 Å². The SMILES string of the molecule is Cc1cccc2c1CSC(C(C)C)C2O. The van der Waals surface area contributed by atoms with E-state index in [4.69, 9.17) is 0 Å². The first-order valence-corrected chi connectivity index (χ1v) is 6.54. The average Bonchev–Trinajstić information content (AvgIpc) is 2.19. The summed E-state index contributed by atoms with van der Waals surface area (Å²) in [6.07, 6.45) is -0.293. The van der Waals surface area contributed by atoms with Gasteiger partial charge >= 0.3 is 0 Å². The molecule has 15 heavy (non-hydrogen) atoms. The van der Waals surface area contributed by atoms with Gasteiger partial charge in [0.15, 0.2) is 0 Å². The largest absolute Gasteiger partial charge is 0.387 e. The highest BCUT2D eigenvalue weighted by Gasteiger charge is 2.30. The van der Waals surface area contributed by atoms with Gasteiger partial charge in [-0.2, -0.15) is 11.8 Å². The molecule has 0 amide bonds. The number of thioether (sulfide) groups is 1. The third-order valence-corrected chi connectivity index (χ3v) is 4.80. The van der Waals surface area contributed by atoms with Gasteiger partial charge in [0.2, 0.25) is 0 Å². The molecule has 0 aliphatic carbocycles. The molecule has 0 bridgehead atoms. The van der Waals surface area contributed by atoms with E-state index in [0.717, 1.165) is 11.3 Å². The number of fused-ring (bicyclic) bond motifs is 1. The maximum atomic E-state index is 10.3. The van der Waals surface area contributed by atoms with Crippen molar-refractivity contribution in [2.24, 2.45) is 5.92 Å². The van der Waals surface area contributed by atoms with Gasteiger partial charge in [0.05, 0.1) is 6.10 Å². The first-order chi connectivity index (χ1) is 7.11. The van der Waals surface area contributed by atoms with E-state index in [1.165, 1.54) is 11.1 Å². The summed E-state index contributed by atoms with van der Waals surface area (Å²) in [6.45, 7) is 6.49. The molecule has 0 fully saturated rings. The van der Waals surface area contributed by atoms with Gasteiger partial charge in [-0.05, 0) is 29.5 Å². The zero-order valence-electron chi connectivity index (χ0n) is 9.53. The number of rotatable bonds is 1. The lowest BCUT2D eigenvalue weighted by Crippen LogP contribution is -2.26. The zero-order chi connectivity index (χ0) is 11.0. The van der Waals surface area contributed by atoms with E-state index in [2.05, 4.69) is 32.9 Å². The molecule has 2 atom stereocenters. The van der Waals surface area contributed by atoms with E-state index < -0.39 is 0 Å². The molecule has 1 N–H and O–H groups in total. The summed E-state index contributed by atoms with van der Waals surface area (Å²) in [4.78, 5) is 0. The van der Waals surface area contributed by atoms with Crippen LogP contribution < -0.4 is 0 Å². The predicted molar refractivity (Wildman–Crippen MR) is 66.1 cm³/mol. The molecule has 0 radical (unpaired) electrons. The van der Waals surface area contributed by atoms with E-state index in [0.29, 0.717) is 11.2 Å². The van der Waals surface area contributed by atoms with Crippen LogP contribution in [-0.4, -0.2) is 10.4 Å². The summed E-state index contributed by atoms with van der Waals surface area (Å²) < 4.78 is 0. The highest BCUT2D eigenvalue weighted by atomic mass is 32.2. The predicted octanol–water partition coefficient (Wildman–Crippen LogP) is 3.30. The van der Waals surface area contributed by atoms with E-state index in [9.17, 15) is 5.11 Å². The molecule has 0 saturated heterocycles. The van der Waals surface area contributed by atoms with E-state index >= 15 is 0 Å². The number of benzene rings is 1. The van der Waals surface area contributed by atoms with Crippen LogP contribution in [0.15, 0.2) is 18.2 Å². The number of aliphatic hydroxyl groups is 1. The van der Waals surface area contributed by atoms with Gasteiger partial charge < -0.3 is 5.11 Å². The second-order valence-electron chi connectivity index (χ2n) is 4.61. The molecular formula is C13H18OS. The maximum absolute atomic E-state index is 10.3. The molecule has 2 heteroatoms. The van der Waals surface area contributed by atoms with E-state index in [-0.39, 0.29) is 6.10 Å². The fourth-order valence-electron chi connectivity index (χ4n) is 2.20. The summed E-state index contributed by atoms with van der Waals surface area (Å²) in [7, 11) is 0. The van der Waals surface area contributed by atoms with Crippen LogP contribution in [0.25, 0.3) is 0 Å². The minimum atomic E-state index is -0.293. The van der Waals surface area contributed by atoms with Crippen molar-refractivity contribution < 1.29 is 5.11 Å². The molecule has 0 aromatic heterocycles. The second-order valence-corrected chi connectivity index (χ2v) is 5.77. The lowest BCUT2D eigenvalue weighted by molar-refractivity contribution is 0.155. The molecule has 1 aliphatic heterocycles. The molecule has 1 aromatic carbocycles. The van der Waals surface area contributed by atoms with Crippen molar-refractivity contribution in [3.05, 3.63) is 34.9 Å². The molecule has 1 heterocycles. The van der Waals surface area contributed by atoms with Crippen molar-refractivity contribution in [3.63, 3.8) is 0 Å². The molecule has 1 aromatic rings. The molecule has 2 unspecified atom stereocenters. The molecule has 0 saturated carbocycles. The van der Waals surface area contributed by atoms with Crippen LogP contribution in [0, 0.1) is 12.8 Å². The Hall–Kier alpha value is -0.470. The monoisotopic (exact) mass is 222 g/mol. The Morgan fingerprint density at radius 1 is 1.40 bits per heavy atom. The molecule has 1 nitrogen and oxygen atoms in total. The van der Waals surface area contributed by atoms with Crippen LogP contribution in [-0.2, 0) is 5.75 Å². The molecular weight excluding hydrogens is 204 g/mol. The third kappa shape index (κ3) is 1.93. The first-order valence-electron chi connectivity index (χ1n) is 5.49. The number of hydrogen-bond donors (Lipinski definition) is 1. The van der Waals surface area contributed by atoms with E-state index in [1.54, 1.807) is 0 Å². The van der Waals surface area contributed by atoms with Crippen molar-refractivity contribution in [1.29, 1.82) is 0 Å². The van der Waals surface area contributed by atoms with Crippen molar-refractivity contribution in [2.45, 2.75) is 37.9 Å². The van der Waals surface area contributed by atoms with Crippen molar-refractivity contribution in [2.75, 3.05) is 0 Å². The smallest absolute Gasteiger partial charge is 0.0914 e. The van der Waals surface area contributed by atoms with Gasteiger partial charge in [-0.25, -0.2) is 0 Å². The Morgan fingerprint density at radius 2 is 2.13 bits per heavy atom. The minimum Gasteiger partial charge on any atom is -0.387 e. The highest BCUT2D eigenvalue weighted by molar-refractivity contribution is 7.99. The van der Waals surface area contributed by atoms with Gasteiger partial charge in [0.1, 0.15) is 0 Å². The first kappa shape index (κ1) is 11.0. The Kier molecular flexibility index (Phi) is 3.08. The second kappa shape index (κ2) is 4.18. The lowest BCUT2D eigenvalue weighted by Gasteiger charge is -2.33. The summed E-state index contributed by atoms with van der Waals surface area (Å²) in [6, 6.07) is 6.24. The van der Waals surface area contributed by atoms with Crippen LogP contribution in [0.4, 0.5) is 0 Å². The fraction of sp³-hybridized carbons (Fsp3) is 0.538. The Balaban J connectivity index is 2.38. The van der Waals surface area contributed by atoms with Crippen molar-refractivity contribution >= 4 is 11.8 Å². The summed E-state index contributed by atoms with van der Waals surface area (Å²) in [5.74, 6) is 1.57. The topological polar surface area (TPSA) is 20.2 Å². The van der Waals surface area contributed by atoms with Crippen LogP contribution in [0.1, 0.15) is 36.6 Å². The highest BCUT2D eigenvalue weighted by Crippen LogP contribution is 2.41. The average molecular weight is 222 g/mol. The van der Waals surface area contributed by atoms with Gasteiger partial charge in [-0.3, -0.25) is 0 Å². The number of aliphatic hydroxyl groups excluding tert-OH is 1. The Labute approximate surface area is 95.9 Å².